The fourth-order valence-electron chi connectivity index (χ4n) is 2.75. The van der Waals surface area contributed by atoms with Gasteiger partial charge in [-0.05, 0) is 18.3 Å². The normalized spacial score (nSPS) is 27.9. The molecule has 1 amide bonds. The molecule has 1 heterocycles. The third kappa shape index (κ3) is 3.96. The van der Waals surface area contributed by atoms with Crippen molar-refractivity contribution in [1.82, 2.24) is 10.6 Å². The molecule has 0 spiro atoms. The van der Waals surface area contributed by atoms with Gasteiger partial charge in [0.2, 0.25) is 5.91 Å². The molecule has 1 aliphatic heterocycles. The van der Waals surface area contributed by atoms with Gasteiger partial charge in [0.25, 0.3) is 0 Å². The second-order valence-corrected chi connectivity index (χ2v) is 5.70. The summed E-state index contributed by atoms with van der Waals surface area (Å²) in [6.45, 7) is 5.52. The summed E-state index contributed by atoms with van der Waals surface area (Å²) >= 11 is 0. The first-order chi connectivity index (χ1) is 8.18. The number of nitrogens with one attached hydrogen (secondary N) is 2. The fraction of sp³-hybridized carbons (Fsp3) is 0.923. The lowest BCUT2D eigenvalue weighted by Gasteiger charge is -2.26. The van der Waals surface area contributed by atoms with Crippen LogP contribution in [0.2, 0.25) is 0 Å². The SMILES string of the molecule is CC1(CNC(=O)CC2CNCCO2)CCCC1. The van der Waals surface area contributed by atoms with E-state index in [9.17, 15) is 4.79 Å². The highest BCUT2D eigenvalue weighted by atomic mass is 16.5. The Morgan fingerprint density at radius 1 is 1.47 bits per heavy atom. The predicted octanol–water partition coefficient (Wildman–Crippen LogP) is 1.06. The van der Waals surface area contributed by atoms with Crippen LogP contribution in [0.4, 0.5) is 0 Å². The first-order valence-electron chi connectivity index (χ1n) is 6.77. The van der Waals surface area contributed by atoms with Crippen molar-refractivity contribution in [2.24, 2.45) is 5.41 Å². The van der Waals surface area contributed by atoms with E-state index in [1.165, 1.54) is 25.7 Å². The number of carbonyl (C=O) groups excluding carboxylic acids is 1. The summed E-state index contributed by atoms with van der Waals surface area (Å²) in [5.74, 6) is 0.131. The molecule has 0 radical (unpaired) electrons. The second kappa shape index (κ2) is 5.83. The topological polar surface area (TPSA) is 50.4 Å². The highest BCUT2D eigenvalue weighted by Crippen LogP contribution is 2.36. The van der Waals surface area contributed by atoms with Crippen LogP contribution in [-0.4, -0.2) is 38.3 Å². The van der Waals surface area contributed by atoms with Gasteiger partial charge in [-0.1, -0.05) is 19.8 Å². The minimum atomic E-state index is 0.0557. The Morgan fingerprint density at radius 3 is 2.88 bits per heavy atom. The first kappa shape index (κ1) is 12.8. The number of carbonyl (C=O) groups is 1. The van der Waals surface area contributed by atoms with Crippen LogP contribution in [0.3, 0.4) is 0 Å². The smallest absolute Gasteiger partial charge is 0.222 e. The quantitative estimate of drug-likeness (QED) is 0.772. The second-order valence-electron chi connectivity index (χ2n) is 5.70. The molecule has 4 nitrogen and oxygen atoms in total. The minimum Gasteiger partial charge on any atom is -0.375 e. The van der Waals surface area contributed by atoms with Crippen molar-refractivity contribution in [3.63, 3.8) is 0 Å². The van der Waals surface area contributed by atoms with Crippen molar-refractivity contribution < 1.29 is 9.53 Å². The third-order valence-corrected chi connectivity index (χ3v) is 3.94. The van der Waals surface area contributed by atoms with Crippen LogP contribution in [-0.2, 0) is 9.53 Å². The number of ether oxygens (including phenoxy) is 1. The van der Waals surface area contributed by atoms with Gasteiger partial charge in [0.05, 0.1) is 19.1 Å². The monoisotopic (exact) mass is 240 g/mol. The van der Waals surface area contributed by atoms with E-state index in [-0.39, 0.29) is 12.0 Å². The average molecular weight is 240 g/mol. The molecule has 0 bridgehead atoms. The van der Waals surface area contributed by atoms with Crippen LogP contribution < -0.4 is 10.6 Å². The summed E-state index contributed by atoms with van der Waals surface area (Å²) in [5.41, 5.74) is 0.335. The van der Waals surface area contributed by atoms with Crippen molar-refractivity contribution in [2.75, 3.05) is 26.2 Å². The molecular weight excluding hydrogens is 216 g/mol. The number of hydrogen-bond acceptors (Lipinski definition) is 3. The van der Waals surface area contributed by atoms with Crippen molar-refractivity contribution in [3.8, 4) is 0 Å². The summed E-state index contributed by atoms with van der Waals surface area (Å²) < 4.78 is 5.52. The molecule has 4 heteroatoms. The first-order valence-corrected chi connectivity index (χ1v) is 6.77. The van der Waals surface area contributed by atoms with Crippen LogP contribution >= 0.6 is 0 Å². The van der Waals surface area contributed by atoms with E-state index >= 15 is 0 Å². The zero-order valence-corrected chi connectivity index (χ0v) is 10.8. The minimum absolute atomic E-state index is 0.0557. The summed E-state index contributed by atoms with van der Waals surface area (Å²) in [6, 6.07) is 0. The van der Waals surface area contributed by atoms with Crippen LogP contribution in [0.5, 0.6) is 0 Å². The molecule has 1 saturated carbocycles. The van der Waals surface area contributed by atoms with Crippen molar-refractivity contribution in [1.29, 1.82) is 0 Å². The van der Waals surface area contributed by atoms with Gasteiger partial charge in [-0.3, -0.25) is 4.79 Å². The van der Waals surface area contributed by atoms with Gasteiger partial charge in [0, 0.05) is 19.6 Å². The Hall–Kier alpha value is -0.610. The maximum Gasteiger partial charge on any atom is 0.222 e. The number of morpholine rings is 1. The zero-order valence-electron chi connectivity index (χ0n) is 10.8. The lowest BCUT2D eigenvalue weighted by molar-refractivity contribution is -0.124. The highest BCUT2D eigenvalue weighted by Gasteiger charge is 2.29. The fourth-order valence-corrected chi connectivity index (χ4v) is 2.75. The Kier molecular flexibility index (Phi) is 4.40. The molecule has 2 fully saturated rings. The maximum absolute atomic E-state index is 11.8. The summed E-state index contributed by atoms with van der Waals surface area (Å²) in [6.07, 6.45) is 5.65. The van der Waals surface area contributed by atoms with E-state index in [2.05, 4.69) is 17.6 Å². The van der Waals surface area contributed by atoms with E-state index in [1.807, 2.05) is 0 Å². The lowest BCUT2D eigenvalue weighted by atomic mass is 9.89. The van der Waals surface area contributed by atoms with Crippen molar-refractivity contribution in [3.05, 3.63) is 0 Å². The molecule has 1 aliphatic carbocycles. The van der Waals surface area contributed by atoms with Gasteiger partial charge in [-0.2, -0.15) is 0 Å². The Balaban J connectivity index is 1.66. The van der Waals surface area contributed by atoms with Crippen LogP contribution in [0.25, 0.3) is 0 Å². The van der Waals surface area contributed by atoms with Crippen LogP contribution in [0.15, 0.2) is 0 Å². The van der Waals surface area contributed by atoms with Crippen molar-refractivity contribution in [2.45, 2.75) is 45.1 Å². The van der Waals surface area contributed by atoms with Crippen molar-refractivity contribution >= 4 is 5.91 Å². The number of amides is 1. The maximum atomic E-state index is 11.8. The molecule has 1 atom stereocenters. The van der Waals surface area contributed by atoms with E-state index in [0.29, 0.717) is 11.8 Å². The molecule has 98 valence electrons. The molecule has 2 aliphatic rings. The highest BCUT2D eigenvalue weighted by molar-refractivity contribution is 5.76. The Bertz CT molecular complexity index is 256. The van der Waals surface area contributed by atoms with Gasteiger partial charge in [-0.15, -0.1) is 0 Å². The van der Waals surface area contributed by atoms with E-state index in [1.54, 1.807) is 0 Å². The predicted molar refractivity (Wildman–Crippen MR) is 66.8 cm³/mol. The molecule has 2 rings (SSSR count). The molecule has 17 heavy (non-hydrogen) atoms. The molecule has 0 aromatic carbocycles. The number of rotatable bonds is 4. The largest absolute Gasteiger partial charge is 0.375 e. The van der Waals surface area contributed by atoms with Gasteiger partial charge in [-0.25, -0.2) is 0 Å². The average Bonchev–Trinajstić information content (AvgIpc) is 2.76. The Labute approximate surface area is 103 Å². The summed E-state index contributed by atoms with van der Waals surface area (Å²) in [4.78, 5) is 11.8. The number of hydrogen-bond donors (Lipinski definition) is 2. The molecular formula is C13H24N2O2. The molecule has 0 aromatic rings. The zero-order chi connectivity index (χ0) is 12.1. The Morgan fingerprint density at radius 2 is 2.24 bits per heavy atom. The van der Waals surface area contributed by atoms with Gasteiger partial charge in [0.1, 0.15) is 0 Å². The lowest BCUT2D eigenvalue weighted by Crippen LogP contribution is -2.42. The molecule has 0 aromatic heterocycles. The molecule has 1 saturated heterocycles. The summed E-state index contributed by atoms with van der Waals surface area (Å²) in [7, 11) is 0. The van der Waals surface area contributed by atoms with Gasteiger partial charge >= 0.3 is 0 Å². The van der Waals surface area contributed by atoms with Gasteiger partial charge < -0.3 is 15.4 Å². The standard InChI is InChI=1S/C13H24N2O2/c1-13(4-2-3-5-13)10-15-12(16)8-11-9-14-6-7-17-11/h11,14H,2-10H2,1H3,(H,15,16). The third-order valence-electron chi connectivity index (χ3n) is 3.94. The van der Waals surface area contributed by atoms with E-state index in [0.717, 1.165) is 26.2 Å². The van der Waals surface area contributed by atoms with Crippen LogP contribution in [0, 0.1) is 5.41 Å². The van der Waals surface area contributed by atoms with Crippen LogP contribution in [0.1, 0.15) is 39.0 Å². The molecule has 1 unspecified atom stereocenters. The summed E-state index contributed by atoms with van der Waals surface area (Å²) in [5, 5.41) is 6.31. The van der Waals surface area contributed by atoms with Gasteiger partial charge in [0.15, 0.2) is 0 Å². The van der Waals surface area contributed by atoms with E-state index < -0.39 is 0 Å². The molecule has 2 N–H and O–H groups in total. The van der Waals surface area contributed by atoms with E-state index in [4.69, 9.17) is 4.74 Å².